The lowest BCUT2D eigenvalue weighted by molar-refractivity contribution is -0.135. The average molecular weight is 322 g/mol. The first-order valence-corrected chi connectivity index (χ1v) is 5.23. The second kappa shape index (κ2) is 5.21. The minimum atomic E-state index is -0.915. The second-order valence-corrected chi connectivity index (χ2v) is 4.14. The monoisotopic (exact) mass is 320 g/mol. The Morgan fingerprint density at radius 3 is 2.93 bits per heavy atom. The van der Waals surface area contributed by atoms with Crippen molar-refractivity contribution in [2.45, 2.75) is 6.42 Å². The lowest BCUT2D eigenvalue weighted by Gasteiger charge is -1.96. The van der Waals surface area contributed by atoms with Gasteiger partial charge < -0.3 is 5.11 Å². The molecule has 0 amide bonds. The van der Waals surface area contributed by atoms with E-state index in [0.717, 1.165) is 4.47 Å². The molecule has 1 aromatic rings. The number of carboxylic acid groups (broad SMARTS) is 1. The molecule has 0 saturated carbocycles. The van der Waals surface area contributed by atoms with E-state index in [0.29, 0.717) is 10.3 Å². The van der Waals surface area contributed by atoms with E-state index in [-0.39, 0.29) is 6.42 Å². The Morgan fingerprint density at radius 1 is 1.64 bits per heavy atom. The molecule has 0 radical (unpaired) electrons. The van der Waals surface area contributed by atoms with Gasteiger partial charge in [0, 0.05) is 16.9 Å². The second-order valence-electron chi connectivity index (χ2n) is 2.37. The molecule has 0 saturated heterocycles. The van der Waals surface area contributed by atoms with Crippen LogP contribution < -0.4 is 0 Å². The van der Waals surface area contributed by atoms with Crippen molar-refractivity contribution in [2.75, 3.05) is 0 Å². The van der Waals surface area contributed by atoms with Gasteiger partial charge in [0.25, 0.3) is 0 Å². The molecule has 1 N–H and O–H groups in total. The van der Waals surface area contributed by atoms with Gasteiger partial charge in [-0.3, -0.25) is 4.79 Å². The summed E-state index contributed by atoms with van der Waals surface area (Å²) in [6.07, 6.45) is 2.80. The zero-order valence-corrected chi connectivity index (χ0v) is 10.1. The highest BCUT2D eigenvalue weighted by molar-refractivity contribution is 9.11. The Bertz CT molecular complexity index is 380. The van der Waals surface area contributed by atoms with E-state index in [1.54, 1.807) is 12.3 Å². The molecule has 0 aliphatic rings. The van der Waals surface area contributed by atoms with Gasteiger partial charge in [-0.25, -0.2) is 9.98 Å². The van der Waals surface area contributed by atoms with Crippen molar-refractivity contribution < 1.29 is 9.90 Å². The van der Waals surface area contributed by atoms with Crippen LogP contribution in [0.2, 0.25) is 0 Å². The first-order valence-electron chi connectivity index (χ1n) is 3.65. The summed E-state index contributed by atoms with van der Waals surface area (Å²) in [7, 11) is 0. The van der Waals surface area contributed by atoms with Gasteiger partial charge in [-0.05, 0) is 37.9 Å². The van der Waals surface area contributed by atoms with E-state index in [4.69, 9.17) is 5.11 Å². The van der Waals surface area contributed by atoms with Gasteiger partial charge in [0.2, 0.25) is 0 Å². The number of aliphatic imine (C=N–C) groups is 1. The highest BCUT2D eigenvalue weighted by atomic mass is 79.9. The zero-order chi connectivity index (χ0) is 10.6. The lowest BCUT2D eigenvalue weighted by Crippen LogP contribution is -1.93. The van der Waals surface area contributed by atoms with Crippen LogP contribution in [0.5, 0.6) is 0 Å². The molecule has 1 heterocycles. The highest BCUT2D eigenvalue weighted by Crippen LogP contribution is 2.25. The molecule has 6 heteroatoms. The minimum absolute atomic E-state index is 0.107. The molecule has 4 nitrogen and oxygen atoms in total. The molecule has 0 aliphatic carbocycles. The number of hydrogen-bond acceptors (Lipinski definition) is 3. The van der Waals surface area contributed by atoms with E-state index < -0.39 is 5.97 Å². The van der Waals surface area contributed by atoms with Gasteiger partial charge in [-0.1, -0.05) is 0 Å². The third kappa shape index (κ3) is 3.55. The van der Waals surface area contributed by atoms with Crippen LogP contribution in [-0.2, 0) is 4.79 Å². The normalized spacial score (nSPS) is 10.7. The molecule has 0 spiro atoms. The van der Waals surface area contributed by atoms with Crippen molar-refractivity contribution >= 4 is 49.9 Å². The van der Waals surface area contributed by atoms with Crippen molar-refractivity contribution in [2.24, 2.45) is 4.99 Å². The van der Waals surface area contributed by atoms with Crippen molar-refractivity contribution in [3.8, 4) is 0 Å². The standard InChI is InChI=1S/C8H6Br2N2O2/c9-5-3-6(10)8(12-4-5)11-2-1-7(13)14/h2-4H,1H2,(H,13,14). The smallest absolute Gasteiger partial charge is 0.308 e. The van der Waals surface area contributed by atoms with E-state index >= 15 is 0 Å². The molecule has 0 aliphatic heterocycles. The summed E-state index contributed by atoms with van der Waals surface area (Å²) >= 11 is 6.51. The Balaban J connectivity index is 2.76. The predicted molar refractivity (Wildman–Crippen MR) is 60.0 cm³/mol. The fraction of sp³-hybridized carbons (Fsp3) is 0.125. The molecular weight excluding hydrogens is 316 g/mol. The van der Waals surface area contributed by atoms with E-state index in [1.807, 2.05) is 0 Å². The van der Waals surface area contributed by atoms with E-state index in [2.05, 4.69) is 41.8 Å². The molecule has 0 fully saturated rings. The number of carbonyl (C=O) groups is 1. The summed E-state index contributed by atoms with van der Waals surface area (Å²) in [6.45, 7) is 0. The zero-order valence-electron chi connectivity index (χ0n) is 6.94. The number of aromatic nitrogens is 1. The van der Waals surface area contributed by atoms with Crippen LogP contribution in [0.25, 0.3) is 0 Å². The predicted octanol–water partition coefficient (Wildman–Crippen LogP) is 2.78. The summed E-state index contributed by atoms with van der Waals surface area (Å²) in [6, 6.07) is 1.79. The fourth-order valence-electron chi connectivity index (χ4n) is 0.713. The summed E-state index contributed by atoms with van der Waals surface area (Å²) < 4.78 is 1.55. The number of nitrogens with zero attached hydrogens (tertiary/aromatic N) is 2. The van der Waals surface area contributed by atoms with Gasteiger partial charge in [0.15, 0.2) is 5.82 Å². The molecule has 1 rings (SSSR count). The first-order chi connectivity index (χ1) is 6.59. The van der Waals surface area contributed by atoms with Crippen molar-refractivity contribution in [1.29, 1.82) is 0 Å². The van der Waals surface area contributed by atoms with Crippen LogP contribution in [-0.4, -0.2) is 22.3 Å². The molecule has 0 unspecified atom stereocenters. The largest absolute Gasteiger partial charge is 0.481 e. The van der Waals surface area contributed by atoms with Gasteiger partial charge in [-0.15, -0.1) is 0 Å². The average Bonchev–Trinajstić information content (AvgIpc) is 2.08. The van der Waals surface area contributed by atoms with Crippen LogP contribution in [0, 0.1) is 0 Å². The summed E-state index contributed by atoms with van der Waals surface area (Å²) in [4.78, 5) is 18.1. The maximum atomic E-state index is 10.2. The fourth-order valence-corrected chi connectivity index (χ4v) is 1.80. The maximum Gasteiger partial charge on any atom is 0.308 e. The van der Waals surface area contributed by atoms with E-state index in [1.165, 1.54) is 6.21 Å². The topological polar surface area (TPSA) is 62.5 Å². The van der Waals surface area contributed by atoms with Crippen LogP contribution in [0.15, 0.2) is 26.2 Å². The number of rotatable bonds is 3. The van der Waals surface area contributed by atoms with Crippen LogP contribution in [0.4, 0.5) is 5.82 Å². The SMILES string of the molecule is O=C(O)CC=Nc1ncc(Br)cc1Br. The van der Waals surface area contributed by atoms with Crippen molar-refractivity contribution in [3.05, 3.63) is 21.2 Å². The third-order valence-corrected chi connectivity index (χ3v) is 2.29. The molecule has 0 atom stereocenters. The number of halogens is 2. The van der Waals surface area contributed by atoms with Crippen molar-refractivity contribution in [3.63, 3.8) is 0 Å². The summed E-state index contributed by atoms with van der Waals surface area (Å²) in [5.74, 6) is -0.448. The highest BCUT2D eigenvalue weighted by Gasteiger charge is 1.99. The van der Waals surface area contributed by atoms with Gasteiger partial charge in [0.1, 0.15) is 0 Å². The molecule has 14 heavy (non-hydrogen) atoms. The van der Waals surface area contributed by atoms with Gasteiger partial charge >= 0.3 is 5.97 Å². The van der Waals surface area contributed by atoms with Gasteiger partial charge in [0.05, 0.1) is 10.9 Å². The number of pyridine rings is 1. The minimum Gasteiger partial charge on any atom is -0.481 e. The van der Waals surface area contributed by atoms with Crippen molar-refractivity contribution in [1.82, 2.24) is 4.98 Å². The van der Waals surface area contributed by atoms with Crippen LogP contribution >= 0.6 is 31.9 Å². The molecule has 0 bridgehead atoms. The molecule has 1 aromatic heterocycles. The number of hydrogen-bond donors (Lipinski definition) is 1. The summed E-state index contributed by atoms with van der Waals surface area (Å²) in [5, 5.41) is 8.37. The Labute approximate surface area is 97.3 Å². The lowest BCUT2D eigenvalue weighted by atomic mass is 10.4. The quantitative estimate of drug-likeness (QED) is 0.871. The molecule has 0 aromatic carbocycles. The van der Waals surface area contributed by atoms with Gasteiger partial charge in [-0.2, -0.15) is 0 Å². The summed E-state index contributed by atoms with van der Waals surface area (Å²) in [5.41, 5.74) is 0. The number of aliphatic carboxylic acids is 1. The van der Waals surface area contributed by atoms with Crippen LogP contribution in [0.1, 0.15) is 6.42 Å². The Hall–Kier alpha value is -0.750. The Kier molecular flexibility index (Phi) is 4.21. The molecular formula is C8H6Br2N2O2. The van der Waals surface area contributed by atoms with Crippen LogP contribution in [0.3, 0.4) is 0 Å². The number of carboxylic acids is 1. The van der Waals surface area contributed by atoms with E-state index in [9.17, 15) is 4.79 Å². The third-order valence-electron chi connectivity index (χ3n) is 1.27. The molecule has 74 valence electrons. The maximum absolute atomic E-state index is 10.2. The Morgan fingerprint density at radius 2 is 2.36 bits per heavy atom. The first kappa shape index (κ1) is 11.3.